The van der Waals surface area contributed by atoms with Gasteiger partial charge in [-0.1, -0.05) is 29.8 Å². The fourth-order valence-electron chi connectivity index (χ4n) is 3.65. The van der Waals surface area contributed by atoms with E-state index in [0.717, 1.165) is 11.1 Å². The fourth-order valence-corrected chi connectivity index (χ4v) is 3.65. The Labute approximate surface area is 163 Å². The zero-order valence-electron chi connectivity index (χ0n) is 15.7. The van der Waals surface area contributed by atoms with Crippen molar-refractivity contribution < 1.29 is 14.3 Å². The Balaban J connectivity index is 1.45. The maximum atomic E-state index is 13.1. The first-order valence-electron chi connectivity index (χ1n) is 9.34. The molecule has 1 aliphatic heterocycles. The van der Waals surface area contributed by atoms with Crippen molar-refractivity contribution in [3.63, 3.8) is 0 Å². The van der Waals surface area contributed by atoms with Crippen LogP contribution in [0.5, 0.6) is 0 Å². The lowest BCUT2D eigenvalue weighted by Crippen LogP contribution is -2.45. The number of benzene rings is 2. The Kier molecular flexibility index (Phi) is 4.73. The molecule has 3 aromatic rings. The van der Waals surface area contributed by atoms with Gasteiger partial charge in [0.25, 0.3) is 5.91 Å². The molecule has 1 amide bonds. The molecule has 28 heavy (non-hydrogen) atoms. The Morgan fingerprint density at radius 2 is 1.86 bits per heavy atom. The van der Waals surface area contributed by atoms with Gasteiger partial charge in [-0.2, -0.15) is 5.10 Å². The first-order chi connectivity index (χ1) is 13.4. The van der Waals surface area contributed by atoms with Crippen LogP contribution in [0.1, 0.15) is 34.3 Å². The molecule has 5 nitrogen and oxygen atoms in total. The number of halogens is 1. The molecule has 1 N–H and O–H groups in total. The number of likely N-dealkylation sites (tertiary alicyclic amines) is 1. The summed E-state index contributed by atoms with van der Waals surface area (Å²) in [5, 5.41) is 15.2. The molecule has 1 aromatic heterocycles. The second-order valence-corrected chi connectivity index (χ2v) is 7.34. The maximum Gasteiger partial charge on any atom is 0.257 e. The number of aryl methyl sites for hydroxylation is 1. The van der Waals surface area contributed by atoms with E-state index in [9.17, 15) is 14.3 Å². The largest absolute Gasteiger partial charge is 0.385 e. The SMILES string of the molecule is Cc1cccc(C2(O)CCN(C(=O)c3cnn(-c4ccc(F)cc4)c3)CC2)c1. The van der Waals surface area contributed by atoms with E-state index in [1.165, 1.54) is 18.3 Å². The average Bonchev–Trinajstić information content (AvgIpc) is 3.19. The first kappa shape index (κ1) is 18.4. The third-order valence-electron chi connectivity index (χ3n) is 5.35. The molecule has 1 fully saturated rings. The second kappa shape index (κ2) is 7.20. The highest BCUT2D eigenvalue weighted by molar-refractivity contribution is 5.93. The molecule has 0 bridgehead atoms. The zero-order chi connectivity index (χ0) is 19.7. The molecule has 0 spiro atoms. The fraction of sp³-hybridized carbons (Fsp3) is 0.273. The molecule has 0 aliphatic carbocycles. The molecule has 0 unspecified atom stereocenters. The van der Waals surface area contributed by atoms with Crippen LogP contribution < -0.4 is 0 Å². The highest BCUT2D eigenvalue weighted by atomic mass is 19.1. The summed E-state index contributed by atoms with van der Waals surface area (Å²) in [6.45, 7) is 2.96. The van der Waals surface area contributed by atoms with Crippen molar-refractivity contribution in [1.29, 1.82) is 0 Å². The van der Waals surface area contributed by atoms with Gasteiger partial charge < -0.3 is 10.0 Å². The van der Waals surface area contributed by atoms with Crippen LogP contribution in [-0.2, 0) is 5.60 Å². The van der Waals surface area contributed by atoms with Crippen molar-refractivity contribution in [3.05, 3.63) is 83.4 Å². The van der Waals surface area contributed by atoms with Crippen LogP contribution in [0.2, 0.25) is 0 Å². The molecule has 2 aromatic carbocycles. The summed E-state index contributed by atoms with van der Waals surface area (Å²) in [6.07, 6.45) is 4.16. The van der Waals surface area contributed by atoms with Crippen LogP contribution in [0.4, 0.5) is 4.39 Å². The number of carbonyl (C=O) groups is 1. The average molecular weight is 379 g/mol. The Hall–Kier alpha value is -2.99. The lowest BCUT2D eigenvalue weighted by Gasteiger charge is -2.38. The van der Waals surface area contributed by atoms with E-state index in [4.69, 9.17) is 0 Å². The van der Waals surface area contributed by atoms with Gasteiger partial charge in [0.15, 0.2) is 0 Å². The van der Waals surface area contributed by atoms with Crippen molar-refractivity contribution >= 4 is 5.91 Å². The van der Waals surface area contributed by atoms with Crippen molar-refractivity contribution in [2.75, 3.05) is 13.1 Å². The van der Waals surface area contributed by atoms with Crippen LogP contribution in [0.25, 0.3) is 5.69 Å². The Morgan fingerprint density at radius 3 is 2.54 bits per heavy atom. The second-order valence-electron chi connectivity index (χ2n) is 7.34. The topological polar surface area (TPSA) is 58.4 Å². The van der Waals surface area contributed by atoms with Crippen molar-refractivity contribution in [3.8, 4) is 5.69 Å². The van der Waals surface area contributed by atoms with E-state index < -0.39 is 5.60 Å². The molecule has 2 heterocycles. The summed E-state index contributed by atoms with van der Waals surface area (Å²) in [6, 6.07) is 13.8. The number of nitrogens with zero attached hydrogens (tertiary/aromatic N) is 3. The number of aliphatic hydroxyl groups is 1. The van der Waals surface area contributed by atoms with Gasteiger partial charge in [0.2, 0.25) is 0 Å². The van der Waals surface area contributed by atoms with Crippen LogP contribution in [0.15, 0.2) is 60.9 Å². The van der Waals surface area contributed by atoms with E-state index in [-0.39, 0.29) is 11.7 Å². The number of amides is 1. The molecule has 1 aliphatic rings. The van der Waals surface area contributed by atoms with Gasteiger partial charge in [-0.05, 0) is 49.6 Å². The molecule has 0 saturated carbocycles. The molecular formula is C22H22FN3O2. The van der Waals surface area contributed by atoms with Crippen molar-refractivity contribution in [2.24, 2.45) is 0 Å². The molecular weight excluding hydrogens is 357 g/mol. The standard InChI is InChI=1S/C22H22FN3O2/c1-16-3-2-4-18(13-16)22(28)9-11-25(12-10-22)21(27)17-14-24-26(15-17)20-7-5-19(23)6-8-20/h2-8,13-15,28H,9-12H2,1H3. The first-order valence-corrected chi connectivity index (χ1v) is 9.34. The predicted molar refractivity (Wildman–Crippen MR) is 104 cm³/mol. The quantitative estimate of drug-likeness (QED) is 0.758. The molecule has 144 valence electrons. The number of hydrogen-bond donors (Lipinski definition) is 1. The van der Waals surface area contributed by atoms with Gasteiger partial charge in [0.05, 0.1) is 23.0 Å². The minimum absolute atomic E-state index is 0.111. The smallest absolute Gasteiger partial charge is 0.257 e. The van der Waals surface area contributed by atoms with Crippen molar-refractivity contribution in [1.82, 2.24) is 14.7 Å². The molecule has 1 saturated heterocycles. The molecule has 0 radical (unpaired) electrons. The van der Waals surface area contributed by atoms with Gasteiger partial charge in [-0.3, -0.25) is 4.79 Å². The maximum absolute atomic E-state index is 13.1. The third-order valence-corrected chi connectivity index (χ3v) is 5.35. The number of hydrogen-bond acceptors (Lipinski definition) is 3. The van der Waals surface area contributed by atoms with E-state index in [1.807, 2.05) is 31.2 Å². The van der Waals surface area contributed by atoms with Crippen LogP contribution in [0.3, 0.4) is 0 Å². The zero-order valence-corrected chi connectivity index (χ0v) is 15.7. The third kappa shape index (κ3) is 3.55. The van der Waals surface area contributed by atoms with Crippen LogP contribution in [-0.4, -0.2) is 38.8 Å². The van der Waals surface area contributed by atoms with Crippen LogP contribution >= 0.6 is 0 Å². The van der Waals surface area contributed by atoms with Crippen molar-refractivity contribution in [2.45, 2.75) is 25.4 Å². The molecule has 0 atom stereocenters. The van der Waals surface area contributed by atoms with Gasteiger partial charge >= 0.3 is 0 Å². The summed E-state index contributed by atoms with van der Waals surface area (Å²) < 4.78 is 14.6. The highest BCUT2D eigenvalue weighted by Crippen LogP contribution is 2.33. The summed E-state index contributed by atoms with van der Waals surface area (Å²) in [7, 11) is 0. The minimum Gasteiger partial charge on any atom is -0.385 e. The van der Waals surface area contributed by atoms with Gasteiger partial charge in [-0.15, -0.1) is 0 Å². The summed E-state index contributed by atoms with van der Waals surface area (Å²) in [5.74, 6) is -0.429. The summed E-state index contributed by atoms with van der Waals surface area (Å²) in [5.41, 5.74) is 2.28. The number of carbonyl (C=O) groups excluding carboxylic acids is 1. The van der Waals surface area contributed by atoms with Crippen LogP contribution in [0, 0.1) is 12.7 Å². The van der Waals surface area contributed by atoms with Gasteiger partial charge in [0, 0.05) is 19.3 Å². The number of piperidine rings is 1. The number of aromatic nitrogens is 2. The summed E-state index contributed by atoms with van der Waals surface area (Å²) >= 11 is 0. The monoisotopic (exact) mass is 379 g/mol. The lowest BCUT2D eigenvalue weighted by atomic mass is 9.84. The van der Waals surface area contributed by atoms with E-state index in [0.29, 0.717) is 37.2 Å². The van der Waals surface area contributed by atoms with E-state index >= 15 is 0 Å². The van der Waals surface area contributed by atoms with Gasteiger partial charge in [-0.25, -0.2) is 9.07 Å². The Morgan fingerprint density at radius 1 is 1.14 bits per heavy atom. The predicted octanol–water partition coefficient (Wildman–Crippen LogP) is 3.44. The van der Waals surface area contributed by atoms with E-state index in [1.54, 1.807) is 27.9 Å². The molecule has 6 heteroatoms. The lowest BCUT2D eigenvalue weighted by molar-refractivity contribution is -0.0211. The normalized spacial score (nSPS) is 16.2. The minimum atomic E-state index is -0.902. The Bertz CT molecular complexity index is 989. The van der Waals surface area contributed by atoms with Gasteiger partial charge in [0.1, 0.15) is 5.82 Å². The molecule has 4 rings (SSSR count). The number of rotatable bonds is 3. The van der Waals surface area contributed by atoms with E-state index in [2.05, 4.69) is 5.10 Å². The summed E-state index contributed by atoms with van der Waals surface area (Å²) in [4.78, 5) is 14.6. The highest BCUT2D eigenvalue weighted by Gasteiger charge is 2.35.